The van der Waals surface area contributed by atoms with Gasteiger partial charge >= 0.3 is 0 Å². The van der Waals surface area contributed by atoms with Crippen LogP contribution in [0.5, 0.6) is 0 Å². The lowest BCUT2D eigenvalue weighted by Gasteiger charge is -2.37. The number of pyridine rings is 2. The smallest absolute Gasteiger partial charge is 0.251 e. The predicted molar refractivity (Wildman–Crippen MR) is 94.3 cm³/mol. The number of aromatic nitrogens is 2. The van der Waals surface area contributed by atoms with E-state index in [1.165, 1.54) is 0 Å². The fraction of sp³-hybridized carbons (Fsp3) is 0.375. The summed E-state index contributed by atoms with van der Waals surface area (Å²) in [4.78, 5) is 16.6. The van der Waals surface area contributed by atoms with Gasteiger partial charge in [-0.15, -0.1) is 12.4 Å². The first-order valence-electron chi connectivity index (χ1n) is 7.48. The number of rotatable bonds is 1. The Hall–Kier alpha value is -1.56. The van der Waals surface area contributed by atoms with Crippen molar-refractivity contribution in [2.45, 2.75) is 18.9 Å². The molecule has 1 saturated heterocycles. The number of nitrogens with zero attached hydrogens (tertiary/aromatic N) is 2. The van der Waals surface area contributed by atoms with Crippen molar-refractivity contribution in [1.29, 1.82) is 0 Å². The molecular formula is C16H18Cl2N4O. The van der Waals surface area contributed by atoms with Crippen LogP contribution in [0.1, 0.15) is 18.0 Å². The summed E-state index contributed by atoms with van der Waals surface area (Å²) >= 11 is 6.05. The maximum Gasteiger partial charge on any atom is 0.251 e. The number of nitrogens with two attached hydrogens (primary N) is 1. The summed E-state index contributed by atoms with van der Waals surface area (Å²) in [5.74, 6) is 1.26. The number of piperidine rings is 1. The summed E-state index contributed by atoms with van der Waals surface area (Å²) < 4.78 is 1.93. The van der Waals surface area contributed by atoms with Gasteiger partial charge in [0.2, 0.25) is 0 Å². The van der Waals surface area contributed by atoms with E-state index in [1.807, 2.05) is 4.57 Å². The lowest BCUT2D eigenvalue weighted by molar-refractivity contribution is 0.257. The van der Waals surface area contributed by atoms with Crippen LogP contribution in [0.25, 0.3) is 11.1 Å². The molecule has 2 aliphatic rings. The van der Waals surface area contributed by atoms with E-state index in [-0.39, 0.29) is 18.0 Å². The molecule has 0 unspecified atom stereocenters. The Kier molecular flexibility index (Phi) is 4.36. The summed E-state index contributed by atoms with van der Waals surface area (Å²) in [6, 6.07) is 5.53. The molecule has 5 nitrogen and oxygen atoms in total. The second-order valence-corrected chi connectivity index (χ2v) is 6.57. The van der Waals surface area contributed by atoms with Gasteiger partial charge in [0.1, 0.15) is 5.82 Å². The second-order valence-electron chi connectivity index (χ2n) is 6.17. The second kappa shape index (κ2) is 6.15. The zero-order valence-corrected chi connectivity index (χ0v) is 14.0. The van der Waals surface area contributed by atoms with Crippen molar-refractivity contribution in [1.82, 2.24) is 14.9 Å². The normalized spacial score (nSPS) is 22.1. The Morgan fingerprint density at radius 1 is 1.26 bits per heavy atom. The van der Waals surface area contributed by atoms with Crippen molar-refractivity contribution < 1.29 is 0 Å². The predicted octanol–water partition coefficient (Wildman–Crippen LogP) is 2.27. The molecule has 2 atom stereocenters. The molecule has 1 fully saturated rings. The van der Waals surface area contributed by atoms with E-state index in [4.69, 9.17) is 17.3 Å². The minimum Gasteiger partial charge on any atom is -0.382 e. The molecule has 4 rings (SSSR count). The van der Waals surface area contributed by atoms with Crippen LogP contribution in [-0.4, -0.2) is 22.6 Å². The maximum absolute atomic E-state index is 12.5. The highest BCUT2D eigenvalue weighted by molar-refractivity contribution is 6.33. The van der Waals surface area contributed by atoms with Crippen molar-refractivity contribution in [3.8, 4) is 11.1 Å². The number of hydrogen-bond acceptors (Lipinski definition) is 4. The van der Waals surface area contributed by atoms with Crippen molar-refractivity contribution in [2.24, 2.45) is 5.92 Å². The van der Waals surface area contributed by atoms with Gasteiger partial charge in [0, 0.05) is 42.5 Å². The van der Waals surface area contributed by atoms with Gasteiger partial charge in [0.15, 0.2) is 0 Å². The van der Waals surface area contributed by atoms with E-state index in [0.717, 1.165) is 42.9 Å². The van der Waals surface area contributed by atoms with Crippen LogP contribution in [-0.2, 0) is 6.54 Å². The molecule has 0 spiro atoms. The van der Waals surface area contributed by atoms with Gasteiger partial charge in [-0.05, 0) is 36.6 Å². The van der Waals surface area contributed by atoms with Crippen LogP contribution >= 0.6 is 24.0 Å². The topological polar surface area (TPSA) is 72.9 Å². The Morgan fingerprint density at radius 2 is 2.09 bits per heavy atom. The molecule has 0 aromatic carbocycles. The average molecular weight is 353 g/mol. The quantitative estimate of drug-likeness (QED) is 0.825. The third-order valence-electron chi connectivity index (χ3n) is 4.66. The molecule has 3 N–H and O–H groups in total. The lowest BCUT2D eigenvalue weighted by atomic mass is 9.83. The number of hydrogen-bond donors (Lipinski definition) is 2. The number of nitrogen functional groups attached to an aromatic ring is 1. The Morgan fingerprint density at radius 3 is 2.87 bits per heavy atom. The molecule has 2 aromatic rings. The minimum absolute atomic E-state index is 0. The van der Waals surface area contributed by atoms with Crippen LogP contribution < -0.4 is 16.6 Å². The van der Waals surface area contributed by atoms with Crippen LogP contribution in [0.4, 0.5) is 5.82 Å². The van der Waals surface area contributed by atoms with Crippen molar-refractivity contribution >= 4 is 29.8 Å². The summed E-state index contributed by atoms with van der Waals surface area (Å²) in [6.45, 7) is 2.74. The number of anilines is 1. The molecule has 0 aliphatic carbocycles. The highest BCUT2D eigenvalue weighted by Crippen LogP contribution is 2.34. The molecule has 122 valence electrons. The largest absolute Gasteiger partial charge is 0.382 e. The van der Waals surface area contributed by atoms with Gasteiger partial charge in [0.05, 0.1) is 5.02 Å². The Labute approximate surface area is 145 Å². The van der Waals surface area contributed by atoms with Gasteiger partial charge in [-0.25, -0.2) is 4.98 Å². The zero-order valence-electron chi connectivity index (χ0n) is 12.5. The fourth-order valence-corrected chi connectivity index (χ4v) is 3.74. The van der Waals surface area contributed by atoms with E-state index in [2.05, 4.69) is 16.4 Å². The summed E-state index contributed by atoms with van der Waals surface area (Å²) in [7, 11) is 0. The monoisotopic (exact) mass is 352 g/mol. The molecule has 2 aliphatic heterocycles. The summed E-state index contributed by atoms with van der Waals surface area (Å²) in [5.41, 5.74) is 8.50. The molecule has 0 amide bonds. The SMILES string of the molecule is Cl.Nc1ncc(-c2cc3n(c(=O)c2)C[C@@H]2CNC[C@H]3C2)cc1Cl. The standard InChI is InChI=1S/C16H17ClN4O.ClH/c17-13-2-11(7-20-16(13)18)10-3-14-12-1-9(5-19-6-12)8-21(14)15(22)4-10;/h2-4,7,9,12,19H,1,5-6,8H2,(H2,18,20);1H/t9-,12+;/m0./s1. The van der Waals surface area contributed by atoms with E-state index in [0.29, 0.717) is 22.7 Å². The number of nitrogens with one attached hydrogen (secondary N) is 1. The maximum atomic E-state index is 12.5. The first kappa shape index (κ1) is 16.3. The summed E-state index contributed by atoms with van der Waals surface area (Å²) in [5, 5.41) is 3.87. The zero-order chi connectivity index (χ0) is 15.3. The minimum atomic E-state index is 0. The molecule has 2 bridgehead atoms. The van der Waals surface area contributed by atoms with Crippen LogP contribution in [0.2, 0.25) is 5.02 Å². The van der Waals surface area contributed by atoms with Gasteiger partial charge in [-0.1, -0.05) is 11.6 Å². The van der Waals surface area contributed by atoms with Crippen molar-refractivity contribution in [3.05, 3.63) is 45.5 Å². The lowest BCUT2D eigenvalue weighted by Crippen LogP contribution is -2.44. The number of fused-ring (bicyclic) bond motifs is 4. The first-order valence-corrected chi connectivity index (χ1v) is 7.86. The summed E-state index contributed by atoms with van der Waals surface area (Å²) in [6.07, 6.45) is 2.81. The Balaban J connectivity index is 0.00000156. The van der Waals surface area contributed by atoms with Crippen LogP contribution in [0.15, 0.2) is 29.2 Å². The fourth-order valence-electron chi connectivity index (χ4n) is 3.58. The van der Waals surface area contributed by atoms with Crippen LogP contribution in [0.3, 0.4) is 0 Å². The molecule has 0 saturated carbocycles. The Bertz CT molecular complexity index is 805. The highest BCUT2D eigenvalue weighted by Gasteiger charge is 2.31. The van der Waals surface area contributed by atoms with Gasteiger partial charge < -0.3 is 15.6 Å². The van der Waals surface area contributed by atoms with E-state index in [9.17, 15) is 4.79 Å². The van der Waals surface area contributed by atoms with Gasteiger partial charge in [0.25, 0.3) is 5.56 Å². The van der Waals surface area contributed by atoms with Crippen molar-refractivity contribution in [2.75, 3.05) is 18.8 Å². The third kappa shape index (κ3) is 2.84. The molecule has 2 aromatic heterocycles. The highest BCUT2D eigenvalue weighted by atomic mass is 35.5. The molecule has 4 heterocycles. The molecule has 7 heteroatoms. The number of halogens is 2. The van der Waals surface area contributed by atoms with Gasteiger partial charge in [-0.2, -0.15) is 0 Å². The molecule has 0 radical (unpaired) electrons. The average Bonchev–Trinajstić information content (AvgIpc) is 2.51. The van der Waals surface area contributed by atoms with E-state index < -0.39 is 0 Å². The van der Waals surface area contributed by atoms with Crippen molar-refractivity contribution in [3.63, 3.8) is 0 Å². The van der Waals surface area contributed by atoms with E-state index in [1.54, 1.807) is 18.3 Å². The van der Waals surface area contributed by atoms with Gasteiger partial charge in [-0.3, -0.25) is 4.79 Å². The van der Waals surface area contributed by atoms with E-state index >= 15 is 0 Å². The van der Waals surface area contributed by atoms with Crippen LogP contribution in [0, 0.1) is 5.92 Å². The first-order chi connectivity index (χ1) is 10.6. The molecule has 23 heavy (non-hydrogen) atoms. The third-order valence-corrected chi connectivity index (χ3v) is 4.97. The molecular weight excluding hydrogens is 335 g/mol.